The third-order valence-corrected chi connectivity index (χ3v) is 4.56. The first-order valence-corrected chi connectivity index (χ1v) is 8.65. The molecule has 0 radical (unpaired) electrons. The van der Waals surface area contributed by atoms with E-state index in [4.69, 9.17) is 0 Å². The minimum absolute atomic E-state index is 0. The molecule has 0 atom stereocenters. The van der Waals surface area contributed by atoms with Gasteiger partial charge in [0.05, 0.1) is 11.6 Å². The highest BCUT2D eigenvalue weighted by Crippen LogP contribution is 2.12. The summed E-state index contributed by atoms with van der Waals surface area (Å²) >= 11 is 3.44. The van der Waals surface area contributed by atoms with Gasteiger partial charge in [-0.3, -0.25) is 0 Å². The van der Waals surface area contributed by atoms with Gasteiger partial charge in [0.15, 0.2) is 5.96 Å². The molecule has 0 amide bonds. The van der Waals surface area contributed by atoms with Crippen LogP contribution < -0.4 is 10.6 Å². The van der Waals surface area contributed by atoms with Crippen LogP contribution in [0.25, 0.3) is 0 Å². The third kappa shape index (κ3) is 6.57. The van der Waals surface area contributed by atoms with Gasteiger partial charge in [0.25, 0.3) is 0 Å². The Labute approximate surface area is 156 Å². The number of rotatable bonds is 6. The van der Waals surface area contributed by atoms with E-state index in [9.17, 15) is 0 Å². The van der Waals surface area contributed by atoms with Crippen LogP contribution in [0.1, 0.15) is 26.7 Å². The van der Waals surface area contributed by atoms with Crippen molar-refractivity contribution >= 4 is 52.6 Å². The number of halogens is 1. The lowest BCUT2D eigenvalue weighted by molar-refractivity contribution is 0.796. The van der Waals surface area contributed by atoms with Crippen LogP contribution in [0.3, 0.4) is 0 Å². The third-order valence-electron chi connectivity index (χ3n) is 2.69. The summed E-state index contributed by atoms with van der Waals surface area (Å²) in [6.07, 6.45) is 4.73. The van der Waals surface area contributed by atoms with Gasteiger partial charge in [0.1, 0.15) is 5.01 Å². The number of guanidine groups is 1. The molecule has 2 N–H and O–H groups in total. The maximum absolute atomic E-state index is 4.56. The number of hydrogen-bond acceptors (Lipinski definition) is 5. The van der Waals surface area contributed by atoms with Crippen molar-refractivity contribution in [3.8, 4) is 0 Å². The van der Waals surface area contributed by atoms with E-state index >= 15 is 0 Å². The average molecular weight is 451 g/mol. The second-order valence-corrected chi connectivity index (χ2v) is 7.24. The predicted molar refractivity (Wildman–Crippen MR) is 106 cm³/mol. The van der Waals surface area contributed by atoms with Crippen LogP contribution in [0, 0.1) is 13.8 Å². The summed E-state index contributed by atoms with van der Waals surface area (Å²) < 4.78 is 0. The molecule has 0 bridgehead atoms. The number of aliphatic imine (C=N–C) groups is 1. The molecule has 0 aliphatic rings. The fourth-order valence-corrected chi connectivity index (χ4v) is 3.27. The lowest BCUT2D eigenvalue weighted by atomic mass is 10.4. The molecule has 0 spiro atoms. The summed E-state index contributed by atoms with van der Waals surface area (Å²) in [7, 11) is 0. The molecule has 2 rings (SSSR count). The number of nitrogens with one attached hydrogen (secondary N) is 2. The highest BCUT2D eigenvalue weighted by atomic mass is 127. The van der Waals surface area contributed by atoms with Crippen LogP contribution in [0.5, 0.6) is 0 Å². The zero-order chi connectivity index (χ0) is 15.1. The van der Waals surface area contributed by atoms with Crippen molar-refractivity contribution in [2.45, 2.75) is 33.7 Å². The van der Waals surface area contributed by atoms with Crippen molar-refractivity contribution in [3.63, 3.8) is 0 Å². The van der Waals surface area contributed by atoms with Gasteiger partial charge >= 0.3 is 0 Å². The first-order valence-electron chi connectivity index (χ1n) is 7.02. The monoisotopic (exact) mass is 451 g/mol. The highest BCUT2D eigenvalue weighted by molar-refractivity contribution is 14.0. The molecular weight excluding hydrogens is 429 g/mol. The molecule has 22 heavy (non-hydrogen) atoms. The number of hydrogen-bond donors (Lipinski definition) is 2. The van der Waals surface area contributed by atoms with Crippen molar-refractivity contribution in [2.24, 2.45) is 4.99 Å². The molecule has 122 valence electrons. The molecule has 0 aliphatic heterocycles. The molecular formula is C14H22IN5S2. The van der Waals surface area contributed by atoms with Crippen molar-refractivity contribution in [1.82, 2.24) is 20.6 Å². The fraction of sp³-hybridized carbons (Fsp3) is 0.500. The molecule has 0 unspecified atom stereocenters. The van der Waals surface area contributed by atoms with E-state index in [1.54, 1.807) is 22.7 Å². The van der Waals surface area contributed by atoms with Gasteiger partial charge in [-0.1, -0.05) is 0 Å². The van der Waals surface area contributed by atoms with E-state index in [2.05, 4.69) is 46.4 Å². The SMILES string of the molecule is CCNC(=NCc1ncc(C)s1)NCCc1ncc(C)s1.I. The van der Waals surface area contributed by atoms with Crippen LogP contribution >= 0.6 is 46.7 Å². The molecule has 5 nitrogen and oxygen atoms in total. The van der Waals surface area contributed by atoms with E-state index in [0.717, 1.165) is 35.5 Å². The van der Waals surface area contributed by atoms with Crippen molar-refractivity contribution in [1.29, 1.82) is 0 Å². The lowest BCUT2D eigenvalue weighted by Gasteiger charge is -2.10. The summed E-state index contributed by atoms with van der Waals surface area (Å²) in [5.41, 5.74) is 0. The molecule has 0 fully saturated rings. The van der Waals surface area contributed by atoms with E-state index in [0.29, 0.717) is 6.54 Å². The van der Waals surface area contributed by atoms with Crippen molar-refractivity contribution < 1.29 is 0 Å². The minimum atomic E-state index is 0. The summed E-state index contributed by atoms with van der Waals surface area (Å²) in [4.78, 5) is 15.7. The summed E-state index contributed by atoms with van der Waals surface area (Å²) in [6.45, 7) is 8.49. The van der Waals surface area contributed by atoms with Crippen molar-refractivity contribution in [3.05, 3.63) is 32.2 Å². The maximum Gasteiger partial charge on any atom is 0.191 e. The van der Waals surface area contributed by atoms with Gasteiger partial charge in [0, 0.05) is 41.7 Å². The van der Waals surface area contributed by atoms with Gasteiger partial charge in [0.2, 0.25) is 0 Å². The molecule has 0 saturated heterocycles. The Morgan fingerprint density at radius 2 is 1.73 bits per heavy atom. The Morgan fingerprint density at radius 3 is 2.27 bits per heavy atom. The predicted octanol–water partition coefficient (Wildman–Crippen LogP) is 3.13. The largest absolute Gasteiger partial charge is 0.357 e. The van der Waals surface area contributed by atoms with Crippen LogP contribution in [0.15, 0.2) is 17.4 Å². The normalized spacial score (nSPS) is 11.1. The van der Waals surface area contributed by atoms with Crippen LogP contribution in [-0.4, -0.2) is 29.0 Å². The topological polar surface area (TPSA) is 62.2 Å². The van der Waals surface area contributed by atoms with E-state index < -0.39 is 0 Å². The Balaban J connectivity index is 0.00000242. The van der Waals surface area contributed by atoms with Crippen LogP contribution in [0.2, 0.25) is 0 Å². The van der Waals surface area contributed by atoms with Gasteiger partial charge in [-0.05, 0) is 20.8 Å². The van der Waals surface area contributed by atoms with Crippen LogP contribution in [-0.2, 0) is 13.0 Å². The van der Waals surface area contributed by atoms with E-state index in [1.165, 1.54) is 9.75 Å². The Bertz CT molecular complexity index is 594. The molecule has 2 aromatic rings. The molecule has 0 aliphatic carbocycles. The van der Waals surface area contributed by atoms with Crippen molar-refractivity contribution in [2.75, 3.05) is 13.1 Å². The minimum Gasteiger partial charge on any atom is -0.357 e. The number of thiazole rings is 2. The number of aromatic nitrogens is 2. The summed E-state index contributed by atoms with van der Waals surface area (Å²) in [5, 5.41) is 8.79. The Kier molecular flexibility index (Phi) is 8.88. The van der Waals surface area contributed by atoms with Gasteiger partial charge in [-0.2, -0.15) is 0 Å². The van der Waals surface area contributed by atoms with E-state index in [1.807, 2.05) is 12.4 Å². The first kappa shape index (κ1) is 19.3. The second kappa shape index (κ2) is 10.1. The zero-order valence-corrected chi connectivity index (χ0v) is 17.0. The number of nitrogens with zero attached hydrogens (tertiary/aromatic N) is 3. The highest BCUT2D eigenvalue weighted by Gasteiger charge is 2.02. The lowest BCUT2D eigenvalue weighted by Crippen LogP contribution is -2.38. The maximum atomic E-state index is 4.56. The standard InChI is InChI=1S/C14H21N5S2.HI/c1-4-15-14(19-9-13-18-8-11(3)21-13)16-6-5-12-17-7-10(2)20-12;/h7-8H,4-6,9H2,1-3H3,(H2,15,16,19);1H. The summed E-state index contributed by atoms with van der Waals surface area (Å²) in [5.74, 6) is 0.832. The van der Waals surface area contributed by atoms with Gasteiger partial charge in [-0.25, -0.2) is 15.0 Å². The molecule has 2 aromatic heterocycles. The average Bonchev–Trinajstić information content (AvgIpc) is 3.05. The van der Waals surface area contributed by atoms with Crippen LogP contribution in [0.4, 0.5) is 0 Å². The molecule has 2 heterocycles. The zero-order valence-electron chi connectivity index (χ0n) is 13.0. The molecule has 0 aromatic carbocycles. The first-order chi connectivity index (χ1) is 10.2. The Hall–Kier alpha value is -0.740. The van der Waals surface area contributed by atoms with Gasteiger partial charge in [-0.15, -0.1) is 46.7 Å². The Morgan fingerprint density at radius 1 is 1.09 bits per heavy atom. The number of aryl methyl sites for hydroxylation is 2. The fourth-order valence-electron chi connectivity index (χ4n) is 1.77. The molecule has 8 heteroatoms. The van der Waals surface area contributed by atoms with E-state index in [-0.39, 0.29) is 24.0 Å². The quantitative estimate of drug-likeness (QED) is 0.403. The van der Waals surface area contributed by atoms with Gasteiger partial charge < -0.3 is 10.6 Å². The smallest absolute Gasteiger partial charge is 0.191 e. The summed E-state index contributed by atoms with van der Waals surface area (Å²) in [6, 6.07) is 0. The second-order valence-electron chi connectivity index (χ2n) is 4.60. The molecule has 0 saturated carbocycles.